The topological polar surface area (TPSA) is 29.9 Å². The molecule has 20 heavy (non-hydrogen) atoms. The third-order valence-electron chi connectivity index (χ3n) is 3.23. The molecule has 3 rings (SSSR count). The first-order valence-corrected chi connectivity index (χ1v) is 6.67. The van der Waals surface area contributed by atoms with E-state index < -0.39 is 0 Å². The Morgan fingerprint density at radius 1 is 1.20 bits per heavy atom. The predicted molar refractivity (Wildman–Crippen MR) is 84.4 cm³/mol. The molecule has 0 bridgehead atoms. The first-order valence-electron chi connectivity index (χ1n) is 6.67. The second-order valence-electron chi connectivity index (χ2n) is 4.83. The number of nitrogens with one attached hydrogen (secondary N) is 1. The summed E-state index contributed by atoms with van der Waals surface area (Å²) in [6, 6.07) is 14.7. The minimum atomic E-state index is 0.747. The summed E-state index contributed by atoms with van der Waals surface area (Å²) in [5, 5.41) is 5.83. The molecule has 2 aromatic carbocycles. The maximum Gasteiger partial charge on any atom is 0.207 e. The maximum absolute atomic E-state index is 4.51. The molecule has 0 saturated carbocycles. The number of benzene rings is 2. The molecule has 0 amide bonds. The zero-order chi connectivity index (χ0) is 13.9. The van der Waals surface area contributed by atoms with Crippen LogP contribution in [0, 0.1) is 6.92 Å². The smallest absolute Gasteiger partial charge is 0.207 e. The van der Waals surface area contributed by atoms with Crippen molar-refractivity contribution in [1.29, 1.82) is 0 Å². The summed E-state index contributed by atoms with van der Waals surface area (Å²) < 4.78 is 2.05. The maximum atomic E-state index is 4.51. The minimum absolute atomic E-state index is 0.747. The Bertz CT molecular complexity index is 756. The molecular weight excluding hydrogens is 246 g/mol. The van der Waals surface area contributed by atoms with E-state index in [1.165, 1.54) is 10.8 Å². The second-order valence-corrected chi connectivity index (χ2v) is 4.83. The zero-order valence-corrected chi connectivity index (χ0v) is 11.5. The van der Waals surface area contributed by atoms with E-state index in [2.05, 4.69) is 63.9 Å². The van der Waals surface area contributed by atoms with Gasteiger partial charge in [0.2, 0.25) is 5.95 Å². The lowest BCUT2D eigenvalue weighted by atomic mass is 10.1. The number of aryl methyl sites for hydroxylation is 1. The molecule has 0 fully saturated rings. The number of fused-ring (bicyclic) bond motifs is 1. The van der Waals surface area contributed by atoms with Crippen LogP contribution < -0.4 is 5.32 Å². The van der Waals surface area contributed by atoms with E-state index in [0.29, 0.717) is 0 Å². The monoisotopic (exact) mass is 263 g/mol. The van der Waals surface area contributed by atoms with Gasteiger partial charge < -0.3 is 9.88 Å². The Morgan fingerprint density at radius 2 is 2.00 bits per heavy atom. The largest absolute Gasteiger partial charge is 0.326 e. The van der Waals surface area contributed by atoms with Crippen LogP contribution in [-0.4, -0.2) is 9.55 Å². The Hall–Kier alpha value is -2.55. The average Bonchev–Trinajstić information content (AvgIpc) is 2.79. The molecule has 1 aromatic heterocycles. The van der Waals surface area contributed by atoms with Crippen molar-refractivity contribution in [2.45, 2.75) is 13.5 Å². The van der Waals surface area contributed by atoms with Crippen molar-refractivity contribution in [2.24, 2.45) is 0 Å². The quantitative estimate of drug-likeness (QED) is 0.712. The van der Waals surface area contributed by atoms with E-state index in [4.69, 9.17) is 0 Å². The van der Waals surface area contributed by atoms with Crippen molar-refractivity contribution < 1.29 is 0 Å². The SMILES string of the molecule is C=CCn1cc(C)nc1Nc1ccc2ccccc2c1. The average molecular weight is 263 g/mol. The van der Waals surface area contributed by atoms with Crippen molar-refractivity contribution in [2.75, 3.05) is 5.32 Å². The Kier molecular flexibility index (Phi) is 3.25. The molecule has 100 valence electrons. The van der Waals surface area contributed by atoms with Gasteiger partial charge in [-0.1, -0.05) is 36.4 Å². The van der Waals surface area contributed by atoms with Gasteiger partial charge in [0.25, 0.3) is 0 Å². The van der Waals surface area contributed by atoms with Gasteiger partial charge in [-0.05, 0) is 29.8 Å². The van der Waals surface area contributed by atoms with Gasteiger partial charge in [-0.2, -0.15) is 0 Å². The molecule has 1 heterocycles. The Morgan fingerprint density at radius 3 is 2.80 bits per heavy atom. The lowest BCUT2D eigenvalue weighted by molar-refractivity contribution is 0.832. The fourth-order valence-corrected chi connectivity index (χ4v) is 2.32. The minimum Gasteiger partial charge on any atom is -0.326 e. The van der Waals surface area contributed by atoms with Crippen molar-refractivity contribution in [1.82, 2.24) is 9.55 Å². The van der Waals surface area contributed by atoms with Gasteiger partial charge in [0.1, 0.15) is 0 Å². The Balaban J connectivity index is 1.94. The summed E-state index contributed by atoms with van der Waals surface area (Å²) in [6.45, 7) is 6.52. The molecule has 0 atom stereocenters. The van der Waals surface area contributed by atoms with Crippen LogP contribution in [0.1, 0.15) is 5.69 Å². The number of hydrogen-bond donors (Lipinski definition) is 1. The first-order chi connectivity index (χ1) is 9.76. The van der Waals surface area contributed by atoms with Crippen molar-refractivity contribution in [3.63, 3.8) is 0 Å². The summed E-state index contributed by atoms with van der Waals surface area (Å²) in [5.74, 6) is 0.845. The molecule has 0 aliphatic rings. The number of imidazole rings is 1. The molecule has 1 N–H and O–H groups in total. The van der Waals surface area contributed by atoms with Gasteiger partial charge in [0.15, 0.2) is 0 Å². The predicted octanol–water partition coefficient (Wildman–Crippen LogP) is 4.27. The number of anilines is 2. The molecule has 0 saturated heterocycles. The number of nitrogens with zero attached hydrogens (tertiary/aromatic N) is 2. The van der Waals surface area contributed by atoms with Gasteiger partial charge in [-0.15, -0.1) is 6.58 Å². The highest BCUT2D eigenvalue weighted by Crippen LogP contribution is 2.22. The molecular formula is C17H17N3. The summed E-state index contributed by atoms with van der Waals surface area (Å²) in [7, 11) is 0. The second kappa shape index (κ2) is 5.21. The lowest BCUT2D eigenvalue weighted by Gasteiger charge is -2.08. The van der Waals surface area contributed by atoms with Crippen molar-refractivity contribution in [3.05, 3.63) is 67.0 Å². The van der Waals surface area contributed by atoms with E-state index in [1.807, 2.05) is 19.2 Å². The summed E-state index contributed by atoms with van der Waals surface area (Å²) in [5.41, 5.74) is 2.04. The third kappa shape index (κ3) is 2.43. The fourth-order valence-electron chi connectivity index (χ4n) is 2.32. The van der Waals surface area contributed by atoms with Crippen LogP contribution in [0.3, 0.4) is 0 Å². The van der Waals surface area contributed by atoms with E-state index >= 15 is 0 Å². The summed E-state index contributed by atoms with van der Waals surface area (Å²) in [4.78, 5) is 4.51. The van der Waals surface area contributed by atoms with Crippen LogP contribution >= 0.6 is 0 Å². The zero-order valence-electron chi connectivity index (χ0n) is 11.5. The van der Waals surface area contributed by atoms with Crippen molar-refractivity contribution >= 4 is 22.4 Å². The van der Waals surface area contributed by atoms with E-state index in [0.717, 1.165) is 23.9 Å². The van der Waals surface area contributed by atoms with Crippen LogP contribution in [0.4, 0.5) is 11.6 Å². The normalized spacial score (nSPS) is 10.7. The molecule has 3 aromatic rings. The number of allylic oxidation sites excluding steroid dienone is 1. The standard InChI is InChI=1S/C17H17N3/c1-3-10-20-12-13(2)18-17(20)19-16-9-8-14-6-4-5-7-15(14)11-16/h3-9,11-12H,1,10H2,2H3,(H,18,19). The van der Waals surface area contributed by atoms with Gasteiger partial charge in [0.05, 0.1) is 5.69 Å². The summed E-state index contributed by atoms with van der Waals surface area (Å²) >= 11 is 0. The highest BCUT2D eigenvalue weighted by atomic mass is 15.2. The van der Waals surface area contributed by atoms with Gasteiger partial charge in [-0.25, -0.2) is 4.98 Å². The van der Waals surface area contributed by atoms with Crippen LogP contribution in [0.2, 0.25) is 0 Å². The number of rotatable bonds is 4. The van der Waals surface area contributed by atoms with Gasteiger partial charge >= 0.3 is 0 Å². The molecule has 0 spiro atoms. The fraction of sp³-hybridized carbons (Fsp3) is 0.118. The van der Waals surface area contributed by atoms with Crippen LogP contribution in [0.25, 0.3) is 10.8 Å². The highest BCUT2D eigenvalue weighted by Gasteiger charge is 2.05. The number of hydrogen-bond acceptors (Lipinski definition) is 2. The molecule has 0 aliphatic heterocycles. The van der Waals surface area contributed by atoms with E-state index in [1.54, 1.807) is 0 Å². The lowest BCUT2D eigenvalue weighted by Crippen LogP contribution is -2.01. The van der Waals surface area contributed by atoms with Crippen LogP contribution in [0.15, 0.2) is 61.3 Å². The van der Waals surface area contributed by atoms with E-state index in [-0.39, 0.29) is 0 Å². The van der Waals surface area contributed by atoms with Crippen LogP contribution in [0.5, 0.6) is 0 Å². The van der Waals surface area contributed by atoms with Crippen molar-refractivity contribution in [3.8, 4) is 0 Å². The molecule has 0 aliphatic carbocycles. The van der Waals surface area contributed by atoms with Crippen LogP contribution in [-0.2, 0) is 6.54 Å². The highest BCUT2D eigenvalue weighted by molar-refractivity contribution is 5.86. The molecule has 0 unspecified atom stereocenters. The molecule has 3 nitrogen and oxygen atoms in total. The van der Waals surface area contributed by atoms with Gasteiger partial charge in [0, 0.05) is 18.4 Å². The Labute approximate surface area is 118 Å². The van der Waals surface area contributed by atoms with Gasteiger partial charge in [-0.3, -0.25) is 0 Å². The molecule has 0 radical (unpaired) electrons. The number of aromatic nitrogens is 2. The first kappa shape index (κ1) is 12.5. The molecule has 3 heteroatoms. The summed E-state index contributed by atoms with van der Waals surface area (Å²) in [6.07, 6.45) is 3.89. The third-order valence-corrected chi connectivity index (χ3v) is 3.23. The van der Waals surface area contributed by atoms with E-state index in [9.17, 15) is 0 Å².